The Kier molecular flexibility index (Phi) is 7.38. The number of hydrogen-bond donors (Lipinski definition) is 2. The molecule has 1 aliphatic heterocycles. The highest BCUT2D eigenvalue weighted by Gasteiger charge is 2.27. The van der Waals surface area contributed by atoms with E-state index in [-0.39, 0.29) is 23.1 Å². The molecular weight excluding hydrogens is 368 g/mol. The van der Waals surface area contributed by atoms with Gasteiger partial charge in [-0.05, 0) is 49.3 Å². The third-order valence-corrected chi connectivity index (χ3v) is 6.52. The number of sulfonamides is 1. The molecule has 1 aromatic rings. The average Bonchev–Trinajstić information content (AvgIpc) is 3.15. The summed E-state index contributed by atoms with van der Waals surface area (Å²) >= 11 is 0. The molecule has 2 N–H and O–H groups in total. The van der Waals surface area contributed by atoms with E-state index in [0.717, 1.165) is 18.4 Å². The lowest BCUT2D eigenvalue weighted by Crippen LogP contribution is -2.41. The summed E-state index contributed by atoms with van der Waals surface area (Å²) in [5.41, 5.74) is 0.834. The molecule has 0 saturated carbocycles. The minimum atomic E-state index is -3.43. The highest BCUT2D eigenvalue weighted by molar-refractivity contribution is 7.89. The van der Waals surface area contributed by atoms with E-state index >= 15 is 0 Å². The number of benzene rings is 1. The molecule has 0 aromatic heterocycles. The zero-order chi connectivity index (χ0) is 20.0. The molecule has 0 unspecified atom stereocenters. The van der Waals surface area contributed by atoms with Gasteiger partial charge in [-0.25, -0.2) is 13.2 Å². The van der Waals surface area contributed by atoms with Crippen molar-refractivity contribution < 1.29 is 23.1 Å². The third kappa shape index (κ3) is 6.04. The van der Waals surface area contributed by atoms with Crippen molar-refractivity contribution in [2.24, 2.45) is 5.92 Å². The highest BCUT2D eigenvalue weighted by atomic mass is 32.2. The van der Waals surface area contributed by atoms with Crippen molar-refractivity contribution in [3.05, 3.63) is 29.8 Å². The number of rotatable bonds is 9. The van der Waals surface area contributed by atoms with Crippen LogP contribution in [-0.2, 0) is 26.0 Å². The van der Waals surface area contributed by atoms with E-state index in [1.165, 1.54) is 4.31 Å². The Balaban J connectivity index is 1.91. The third-order valence-electron chi connectivity index (χ3n) is 4.61. The summed E-state index contributed by atoms with van der Waals surface area (Å²) in [5.74, 6) is -1.19. The first kappa shape index (κ1) is 21.4. The molecule has 1 atom stereocenters. The van der Waals surface area contributed by atoms with E-state index in [2.05, 4.69) is 5.32 Å². The first-order chi connectivity index (χ1) is 12.7. The minimum Gasteiger partial charge on any atom is -0.480 e. The molecule has 0 bridgehead atoms. The molecule has 0 spiro atoms. The number of aryl methyl sites for hydroxylation is 1. The van der Waals surface area contributed by atoms with Gasteiger partial charge in [0.2, 0.25) is 15.9 Å². The molecule has 1 saturated heterocycles. The van der Waals surface area contributed by atoms with E-state index < -0.39 is 22.0 Å². The zero-order valence-electron chi connectivity index (χ0n) is 15.8. The fourth-order valence-corrected chi connectivity index (χ4v) is 4.64. The maximum absolute atomic E-state index is 12.5. The van der Waals surface area contributed by atoms with Crippen LogP contribution in [0.3, 0.4) is 0 Å². The molecule has 27 heavy (non-hydrogen) atoms. The van der Waals surface area contributed by atoms with Crippen molar-refractivity contribution in [1.82, 2.24) is 9.62 Å². The van der Waals surface area contributed by atoms with Crippen LogP contribution in [0, 0.1) is 5.92 Å². The highest BCUT2D eigenvalue weighted by Crippen LogP contribution is 2.21. The van der Waals surface area contributed by atoms with Crippen molar-refractivity contribution in [3.8, 4) is 0 Å². The van der Waals surface area contributed by atoms with E-state index in [1.54, 1.807) is 24.3 Å². The lowest BCUT2D eigenvalue weighted by Gasteiger charge is -2.17. The average molecular weight is 397 g/mol. The standard InChI is InChI=1S/C19H28N2O5S/c1-14(2)13-17(19(23)24)20-18(22)10-7-15-5-8-16(9-6-15)27(25,26)21-11-3-4-12-21/h5-6,8-9,14,17H,3-4,7,10-13H2,1-2H3,(H,20,22)(H,23,24)/t17-/m0/s1. The van der Waals surface area contributed by atoms with Crippen LogP contribution in [-0.4, -0.2) is 48.8 Å². The Labute approximate surface area is 160 Å². The number of nitrogens with one attached hydrogen (secondary N) is 1. The molecular formula is C19H28N2O5S. The minimum absolute atomic E-state index is 0.153. The topological polar surface area (TPSA) is 104 Å². The van der Waals surface area contributed by atoms with Gasteiger partial charge in [0, 0.05) is 19.5 Å². The molecule has 1 fully saturated rings. The van der Waals surface area contributed by atoms with Gasteiger partial charge in [-0.3, -0.25) is 4.79 Å². The maximum atomic E-state index is 12.5. The second kappa shape index (κ2) is 9.32. The summed E-state index contributed by atoms with van der Waals surface area (Å²) in [7, 11) is -3.43. The molecule has 150 valence electrons. The molecule has 2 rings (SSSR count). The SMILES string of the molecule is CC(C)C[C@H](NC(=O)CCc1ccc(S(=O)(=O)N2CCCC2)cc1)C(=O)O. The molecule has 1 amide bonds. The Morgan fingerprint density at radius 1 is 1.15 bits per heavy atom. The van der Waals surface area contributed by atoms with Crippen molar-refractivity contribution in [2.45, 2.75) is 56.9 Å². The zero-order valence-corrected chi connectivity index (χ0v) is 16.7. The Morgan fingerprint density at radius 2 is 1.74 bits per heavy atom. The predicted octanol–water partition coefficient (Wildman–Crippen LogP) is 2.02. The van der Waals surface area contributed by atoms with Gasteiger partial charge in [-0.2, -0.15) is 4.31 Å². The molecule has 0 aliphatic carbocycles. The van der Waals surface area contributed by atoms with Gasteiger partial charge in [0.25, 0.3) is 0 Å². The van der Waals surface area contributed by atoms with Gasteiger partial charge >= 0.3 is 5.97 Å². The lowest BCUT2D eigenvalue weighted by molar-refractivity contribution is -0.142. The van der Waals surface area contributed by atoms with Crippen LogP contribution in [0.2, 0.25) is 0 Å². The Morgan fingerprint density at radius 3 is 2.26 bits per heavy atom. The number of aliphatic carboxylic acids is 1. The molecule has 0 radical (unpaired) electrons. The second-order valence-corrected chi connectivity index (χ2v) is 9.28. The van der Waals surface area contributed by atoms with Gasteiger partial charge in [0.05, 0.1) is 4.90 Å². The second-order valence-electron chi connectivity index (χ2n) is 7.34. The normalized spacial score (nSPS) is 16.4. The van der Waals surface area contributed by atoms with Gasteiger partial charge in [0.1, 0.15) is 6.04 Å². The van der Waals surface area contributed by atoms with Crippen LogP contribution in [0.15, 0.2) is 29.2 Å². The van der Waals surface area contributed by atoms with E-state index in [9.17, 15) is 23.1 Å². The van der Waals surface area contributed by atoms with Crippen LogP contribution in [0.1, 0.15) is 45.1 Å². The van der Waals surface area contributed by atoms with Crippen molar-refractivity contribution in [3.63, 3.8) is 0 Å². The molecule has 1 heterocycles. The van der Waals surface area contributed by atoms with E-state index in [1.807, 2.05) is 13.8 Å². The smallest absolute Gasteiger partial charge is 0.326 e. The summed E-state index contributed by atoms with van der Waals surface area (Å²) < 4.78 is 26.5. The number of amides is 1. The fraction of sp³-hybridized carbons (Fsp3) is 0.579. The Bertz CT molecular complexity index is 753. The number of carboxylic acids is 1. The van der Waals surface area contributed by atoms with Crippen LogP contribution < -0.4 is 5.32 Å². The summed E-state index contributed by atoms with van der Waals surface area (Å²) in [4.78, 5) is 23.5. The van der Waals surface area contributed by atoms with E-state index in [4.69, 9.17) is 0 Å². The summed E-state index contributed by atoms with van der Waals surface area (Å²) in [6.07, 6.45) is 2.73. The number of carbonyl (C=O) groups excluding carboxylic acids is 1. The van der Waals surface area contributed by atoms with Crippen molar-refractivity contribution >= 4 is 21.9 Å². The van der Waals surface area contributed by atoms with Crippen LogP contribution in [0.4, 0.5) is 0 Å². The van der Waals surface area contributed by atoms with Gasteiger partial charge in [-0.1, -0.05) is 26.0 Å². The van der Waals surface area contributed by atoms with Crippen LogP contribution in [0.25, 0.3) is 0 Å². The largest absolute Gasteiger partial charge is 0.480 e. The van der Waals surface area contributed by atoms with Crippen LogP contribution >= 0.6 is 0 Å². The number of carboxylic acid groups (broad SMARTS) is 1. The first-order valence-corrected chi connectivity index (χ1v) is 10.8. The quantitative estimate of drug-likeness (QED) is 0.665. The van der Waals surface area contributed by atoms with Gasteiger partial charge < -0.3 is 10.4 Å². The summed E-state index contributed by atoms with van der Waals surface area (Å²) in [5, 5.41) is 11.7. The van der Waals surface area contributed by atoms with Gasteiger partial charge in [0.15, 0.2) is 0 Å². The molecule has 7 nitrogen and oxygen atoms in total. The lowest BCUT2D eigenvalue weighted by atomic mass is 10.0. The Hall–Kier alpha value is -1.93. The van der Waals surface area contributed by atoms with E-state index in [0.29, 0.717) is 25.9 Å². The molecule has 1 aliphatic rings. The monoisotopic (exact) mass is 396 g/mol. The number of nitrogens with zero attached hydrogens (tertiary/aromatic N) is 1. The summed E-state index contributed by atoms with van der Waals surface area (Å²) in [6, 6.07) is 5.67. The number of carbonyl (C=O) groups is 2. The molecule has 1 aromatic carbocycles. The maximum Gasteiger partial charge on any atom is 0.326 e. The summed E-state index contributed by atoms with van der Waals surface area (Å²) in [6.45, 7) is 4.93. The first-order valence-electron chi connectivity index (χ1n) is 9.31. The number of hydrogen-bond acceptors (Lipinski definition) is 4. The van der Waals surface area contributed by atoms with Crippen LogP contribution in [0.5, 0.6) is 0 Å². The van der Waals surface area contributed by atoms with Crippen molar-refractivity contribution in [1.29, 1.82) is 0 Å². The van der Waals surface area contributed by atoms with Crippen molar-refractivity contribution in [2.75, 3.05) is 13.1 Å². The molecule has 8 heteroatoms. The fourth-order valence-electron chi connectivity index (χ4n) is 3.12. The predicted molar refractivity (Wildman–Crippen MR) is 102 cm³/mol. The van der Waals surface area contributed by atoms with Gasteiger partial charge in [-0.15, -0.1) is 0 Å².